The Morgan fingerprint density at radius 3 is 2.59 bits per heavy atom. The van der Waals surface area contributed by atoms with Gasteiger partial charge in [0.2, 0.25) is 5.76 Å². The maximum atomic E-state index is 11.8. The molecule has 96 valence electrons. The molecule has 9 heteroatoms. The van der Waals surface area contributed by atoms with Gasteiger partial charge in [-0.2, -0.15) is 13.2 Å². The molecule has 0 radical (unpaired) electrons. The molecule has 0 fully saturated rings. The van der Waals surface area contributed by atoms with Crippen LogP contribution in [0.1, 0.15) is 10.6 Å². The molecule has 0 bridgehead atoms. The van der Waals surface area contributed by atoms with Gasteiger partial charge in [0.05, 0.1) is 10.8 Å². The first-order chi connectivity index (χ1) is 7.79. The summed E-state index contributed by atoms with van der Waals surface area (Å²) < 4.78 is 51.5. The minimum atomic E-state index is -4.36. The highest BCUT2D eigenvalue weighted by Crippen LogP contribution is 2.30. The molecule has 1 heterocycles. The minimum absolute atomic E-state index is 0.134. The molecule has 0 aliphatic rings. The zero-order chi connectivity index (χ0) is 13.1. The molecular weight excluding hydrogens is 281 g/mol. The zero-order valence-corrected chi connectivity index (χ0v) is 9.82. The number of hydrogen-bond acceptors (Lipinski definition) is 4. The summed E-state index contributed by atoms with van der Waals surface area (Å²) in [6.45, 7) is 0. The average molecular weight is 288 g/mol. The molecule has 0 aromatic carbocycles. The van der Waals surface area contributed by atoms with Gasteiger partial charge in [0.1, 0.15) is 0 Å². The fourth-order valence-corrected chi connectivity index (χ4v) is 2.67. The standard InChI is InChI=1S/C8H7F3O4S2/c9-8(10,11)16-3-4-17(14)6-2-1-5(15-6)7(12)13/h1-2H,3-4H2,(H,12,13). The number of furan rings is 1. The minimum Gasteiger partial charge on any atom is -0.475 e. The monoisotopic (exact) mass is 288 g/mol. The Bertz CT molecular complexity index is 427. The van der Waals surface area contributed by atoms with Crippen LogP contribution in [-0.4, -0.2) is 32.3 Å². The summed E-state index contributed by atoms with van der Waals surface area (Å²) in [5.41, 5.74) is -4.36. The molecule has 4 nitrogen and oxygen atoms in total. The van der Waals surface area contributed by atoms with E-state index in [1.54, 1.807) is 0 Å². The quantitative estimate of drug-likeness (QED) is 0.900. The van der Waals surface area contributed by atoms with Gasteiger partial charge in [0.25, 0.3) is 0 Å². The second-order valence-corrected chi connectivity index (χ2v) is 5.43. The van der Waals surface area contributed by atoms with Crippen molar-refractivity contribution in [2.24, 2.45) is 0 Å². The van der Waals surface area contributed by atoms with Gasteiger partial charge in [-0.3, -0.25) is 4.21 Å². The van der Waals surface area contributed by atoms with E-state index < -0.39 is 28.0 Å². The normalized spacial score (nSPS) is 13.6. The van der Waals surface area contributed by atoms with Crippen LogP contribution in [0, 0.1) is 0 Å². The highest BCUT2D eigenvalue weighted by atomic mass is 32.2. The molecule has 1 N–H and O–H groups in total. The summed E-state index contributed by atoms with van der Waals surface area (Å²) in [4.78, 5) is 10.4. The Morgan fingerprint density at radius 1 is 1.47 bits per heavy atom. The third-order valence-electron chi connectivity index (χ3n) is 1.55. The van der Waals surface area contributed by atoms with Gasteiger partial charge in [0, 0.05) is 11.5 Å². The Hall–Kier alpha value is -0.960. The zero-order valence-electron chi connectivity index (χ0n) is 8.19. The van der Waals surface area contributed by atoms with Crippen molar-refractivity contribution in [3.63, 3.8) is 0 Å². The third kappa shape index (κ3) is 4.82. The van der Waals surface area contributed by atoms with Gasteiger partial charge in [-0.25, -0.2) is 4.79 Å². The van der Waals surface area contributed by atoms with Crippen LogP contribution in [0.25, 0.3) is 0 Å². The molecule has 1 unspecified atom stereocenters. The lowest BCUT2D eigenvalue weighted by molar-refractivity contribution is -0.0326. The van der Waals surface area contributed by atoms with Crippen molar-refractivity contribution < 1.29 is 31.7 Å². The summed E-state index contributed by atoms with van der Waals surface area (Å²) in [6, 6.07) is 2.28. The number of carboxylic acids is 1. The second kappa shape index (κ2) is 5.58. The highest BCUT2D eigenvalue weighted by Gasteiger charge is 2.28. The van der Waals surface area contributed by atoms with Gasteiger partial charge in [-0.15, -0.1) is 0 Å². The van der Waals surface area contributed by atoms with Crippen LogP contribution in [0.5, 0.6) is 0 Å². The molecule has 0 aliphatic heterocycles. The van der Waals surface area contributed by atoms with Crippen LogP contribution in [0.3, 0.4) is 0 Å². The molecule has 0 amide bonds. The summed E-state index contributed by atoms with van der Waals surface area (Å²) in [7, 11) is -1.76. The van der Waals surface area contributed by atoms with Gasteiger partial charge in [0.15, 0.2) is 5.09 Å². The maximum Gasteiger partial charge on any atom is 0.441 e. The van der Waals surface area contributed by atoms with E-state index in [-0.39, 0.29) is 28.4 Å². The molecule has 0 aliphatic carbocycles. The van der Waals surface area contributed by atoms with Crippen molar-refractivity contribution in [3.05, 3.63) is 17.9 Å². The Kier molecular flexibility index (Phi) is 4.63. The number of alkyl halides is 3. The topological polar surface area (TPSA) is 67.5 Å². The van der Waals surface area contributed by atoms with E-state index in [0.29, 0.717) is 0 Å². The van der Waals surface area contributed by atoms with Crippen molar-refractivity contribution in [3.8, 4) is 0 Å². The predicted octanol–water partition coefficient (Wildman–Crippen LogP) is 2.34. The van der Waals surface area contributed by atoms with E-state index in [1.165, 1.54) is 6.07 Å². The van der Waals surface area contributed by atoms with E-state index in [2.05, 4.69) is 0 Å². The fraction of sp³-hybridized carbons (Fsp3) is 0.375. The van der Waals surface area contributed by atoms with Crippen LogP contribution in [0.2, 0.25) is 0 Å². The van der Waals surface area contributed by atoms with Crippen molar-refractivity contribution in [1.82, 2.24) is 0 Å². The number of rotatable bonds is 5. The van der Waals surface area contributed by atoms with E-state index in [4.69, 9.17) is 9.52 Å². The molecule has 0 spiro atoms. The number of carbonyl (C=O) groups is 1. The third-order valence-corrected chi connectivity index (χ3v) is 3.79. The van der Waals surface area contributed by atoms with E-state index in [9.17, 15) is 22.2 Å². The van der Waals surface area contributed by atoms with Crippen LogP contribution in [0.15, 0.2) is 21.6 Å². The van der Waals surface area contributed by atoms with Crippen molar-refractivity contribution in [2.75, 3.05) is 11.5 Å². The van der Waals surface area contributed by atoms with Crippen molar-refractivity contribution in [2.45, 2.75) is 10.6 Å². The molecular formula is C8H7F3O4S2. The number of halogens is 3. The van der Waals surface area contributed by atoms with Crippen LogP contribution >= 0.6 is 11.8 Å². The maximum absolute atomic E-state index is 11.8. The lowest BCUT2D eigenvalue weighted by atomic mass is 10.5. The molecule has 1 atom stereocenters. The lowest BCUT2D eigenvalue weighted by Crippen LogP contribution is -2.07. The van der Waals surface area contributed by atoms with Crippen LogP contribution < -0.4 is 0 Å². The molecule has 0 saturated heterocycles. The highest BCUT2D eigenvalue weighted by molar-refractivity contribution is 8.00. The Morgan fingerprint density at radius 2 is 2.12 bits per heavy atom. The van der Waals surface area contributed by atoms with Gasteiger partial charge in [-0.05, 0) is 12.1 Å². The Labute approximate surface area is 101 Å². The molecule has 1 aromatic heterocycles. The van der Waals surface area contributed by atoms with Crippen LogP contribution in [0.4, 0.5) is 13.2 Å². The number of carboxylic acid groups (broad SMARTS) is 1. The lowest BCUT2D eigenvalue weighted by Gasteiger charge is -2.03. The average Bonchev–Trinajstić information content (AvgIpc) is 2.63. The number of thioether (sulfide) groups is 1. The molecule has 1 aromatic rings. The van der Waals surface area contributed by atoms with E-state index >= 15 is 0 Å². The van der Waals surface area contributed by atoms with Gasteiger partial charge in [-0.1, -0.05) is 11.8 Å². The first-order valence-corrected chi connectivity index (χ1v) is 6.52. The summed E-state index contributed by atoms with van der Waals surface area (Å²) in [5.74, 6) is -2.34. The predicted molar refractivity (Wildman–Crippen MR) is 55.5 cm³/mol. The molecule has 1 rings (SSSR count). The number of hydrogen-bond donors (Lipinski definition) is 1. The van der Waals surface area contributed by atoms with Crippen molar-refractivity contribution in [1.29, 1.82) is 0 Å². The summed E-state index contributed by atoms with van der Waals surface area (Å²) in [6.07, 6.45) is 0. The van der Waals surface area contributed by atoms with Gasteiger partial charge >= 0.3 is 11.5 Å². The SMILES string of the molecule is O=C(O)c1ccc(S(=O)CCSC(F)(F)F)o1. The fourth-order valence-electron chi connectivity index (χ4n) is 0.891. The van der Waals surface area contributed by atoms with E-state index in [1.807, 2.05) is 0 Å². The first-order valence-electron chi connectivity index (χ1n) is 4.22. The second-order valence-electron chi connectivity index (χ2n) is 2.77. The molecule has 17 heavy (non-hydrogen) atoms. The summed E-state index contributed by atoms with van der Waals surface area (Å²) in [5, 5.41) is 8.38. The smallest absolute Gasteiger partial charge is 0.441 e. The Balaban J connectivity index is 2.50. The summed E-state index contributed by atoms with van der Waals surface area (Å²) >= 11 is -0.281. The first kappa shape index (κ1) is 14.1. The molecule has 0 saturated carbocycles. The van der Waals surface area contributed by atoms with Crippen LogP contribution in [-0.2, 0) is 10.8 Å². The number of aromatic carboxylic acids is 1. The largest absolute Gasteiger partial charge is 0.475 e. The van der Waals surface area contributed by atoms with Gasteiger partial charge < -0.3 is 9.52 Å². The van der Waals surface area contributed by atoms with Crippen molar-refractivity contribution >= 4 is 28.5 Å². The van der Waals surface area contributed by atoms with E-state index in [0.717, 1.165) is 6.07 Å².